The number of halogens is 1. The van der Waals surface area contributed by atoms with Crippen LogP contribution in [0.5, 0.6) is 5.75 Å². The van der Waals surface area contributed by atoms with Crippen molar-refractivity contribution in [2.75, 3.05) is 5.32 Å². The van der Waals surface area contributed by atoms with Gasteiger partial charge in [0.15, 0.2) is 5.78 Å². The fourth-order valence-corrected chi connectivity index (χ4v) is 6.25. The lowest BCUT2D eigenvalue weighted by atomic mass is 9.73. The number of nitrogens with zero attached hydrogens (tertiary/aromatic N) is 1. The summed E-state index contributed by atoms with van der Waals surface area (Å²) in [5.41, 5.74) is 2.76. The van der Waals surface area contributed by atoms with Crippen molar-refractivity contribution in [1.82, 2.24) is 9.78 Å². The lowest BCUT2D eigenvalue weighted by Crippen LogP contribution is -2.31. The molecular formula is C26H20BrN3O3S. The number of ketones is 1. The molecule has 1 aliphatic carbocycles. The Balaban J connectivity index is 1.56. The van der Waals surface area contributed by atoms with E-state index in [1.165, 1.54) is 9.56 Å². The van der Waals surface area contributed by atoms with Crippen LogP contribution in [0.4, 0.5) is 5.82 Å². The van der Waals surface area contributed by atoms with Gasteiger partial charge >= 0.3 is 0 Å². The number of aromatic hydroxyl groups is 1. The highest BCUT2D eigenvalue weighted by molar-refractivity contribution is 9.10. The van der Waals surface area contributed by atoms with Crippen molar-refractivity contribution in [2.45, 2.75) is 24.7 Å². The van der Waals surface area contributed by atoms with Crippen molar-refractivity contribution in [3.05, 3.63) is 108 Å². The number of aromatic amines is 1. The van der Waals surface area contributed by atoms with Crippen molar-refractivity contribution in [3.63, 3.8) is 0 Å². The van der Waals surface area contributed by atoms with Gasteiger partial charge in [0.05, 0.1) is 17.2 Å². The van der Waals surface area contributed by atoms with Crippen molar-refractivity contribution in [3.8, 4) is 11.4 Å². The van der Waals surface area contributed by atoms with Gasteiger partial charge < -0.3 is 10.4 Å². The van der Waals surface area contributed by atoms with Crippen LogP contribution in [0.25, 0.3) is 5.69 Å². The second kappa shape index (κ2) is 8.14. The lowest BCUT2D eigenvalue weighted by molar-refractivity contribution is -0.116. The molecule has 3 N–H and O–H groups in total. The molecule has 0 fully saturated rings. The van der Waals surface area contributed by atoms with Gasteiger partial charge in [-0.15, -0.1) is 11.3 Å². The first-order chi connectivity index (χ1) is 16.5. The maximum atomic E-state index is 13.7. The fourth-order valence-electron chi connectivity index (χ4n) is 5.04. The maximum absolute atomic E-state index is 13.7. The number of carbonyl (C=O) groups excluding carboxylic acids is 1. The van der Waals surface area contributed by atoms with Gasteiger partial charge in [0.1, 0.15) is 11.6 Å². The highest BCUT2D eigenvalue weighted by atomic mass is 79.9. The van der Waals surface area contributed by atoms with Gasteiger partial charge in [-0.2, -0.15) is 0 Å². The standard InChI is InChI=1S/C26H20BrN3O3S/c27-15-8-9-19(31)17(13-15)22-23-18(11-14(12-20(23)32)21-7-4-10-34-21)28-25-24(22)26(33)30(29-25)16-5-2-1-3-6-16/h1-10,13-14,22,28-29,31H,11-12H2/t14-,22-/m1/s1. The quantitative estimate of drug-likeness (QED) is 0.317. The normalized spacial score (nSPS) is 19.5. The molecule has 0 saturated heterocycles. The van der Waals surface area contributed by atoms with Crippen molar-refractivity contribution in [1.29, 1.82) is 0 Å². The fraction of sp³-hybridized carbons (Fsp3) is 0.154. The molecule has 6 rings (SSSR count). The summed E-state index contributed by atoms with van der Waals surface area (Å²) in [6, 6.07) is 18.5. The molecular weight excluding hydrogens is 514 g/mol. The first kappa shape index (κ1) is 21.2. The highest BCUT2D eigenvalue weighted by Crippen LogP contribution is 2.49. The van der Waals surface area contributed by atoms with E-state index in [-0.39, 0.29) is 23.0 Å². The first-order valence-electron chi connectivity index (χ1n) is 11.0. The third-order valence-corrected chi connectivity index (χ3v) is 8.08. The van der Waals surface area contributed by atoms with Gasteiger partial charge in [0.2, 0.25) is 0 Å². The highest BCUT2D eigenvalue weighted by Gasteiger charge is 2.42. The molecule has 2 atom stereocenters. The number of para-hydroxylation sites is 1. The van der Waals surface area contributed by atoms with E-state index in [2.05, 4.69) is 32.4 Å². The molecule has 0 amide bonds. The number of phenols is 1. The minimum atomic E-state index is -0.672. The van der Waals surface area contributed by atoms with E-state index < -0.39 is 5.92 Å². The van der Waals surface area contributed by atoms with Crippen LogP contribution in [0.2, 0.25) is 0 Å². The minimum Gasteiger partial charge on any atom is -0.508 e. The topological polar surface area (TPSA) is 87.1 Å². The Labute approximate surface area is 207 Å². The zero-order valence-corrected chi connectivity index (χ0v) is 20.3. The molecule has 3 heterocycles. The van der Waals surface area contributed by atoms with E-state index in [1.807, 2.05) is 41.8 Å². The summed E-state index contributed by atoms with van der Waals surface area (Å²) in [4.78, 5) is 28.5. The summed E-state index contributed by atoms with van der Waals surface area (Å²) in [5, 5.41) is 19.4. The van der Waals surface area contributed by atoms with Gasteiger partial charge in [-0.25, -0.2) is 4.68 Å². The molecule has 2 aliphatic rings. The van der Waals surface area contributed by atoms with Gasteiger partial charge in [-0.05, 0) is 48.2 Å². The summed E-state index contributed by atoms with van der Waals surface area (Å²) in [6.45, 7) is 0. The number of Topliss-reactive ketones (excluding diaryl/α,β-unsaturated/α-hetero) is 1. The smallest absolute Gasteiger partial charge is 0.277 e. The average Bonchev–Trinajstić information content (AvgIpc) is 3.49. The molecule has 0 bridgehead atoms. The van der Waals surface area contributed by atoms with Crippen molar-refractivity contribution >= 4 is 38.9 Å². The number of anilines is 1. The number of allylic oxidation sites excluding steroid dienone is 2. The third-order valence-electron chi connectivity index (χ3n) is 6.55. The molecule has 2 aromatic heterocycles. The number of hydrogen-bond donors (Lipinski definition) is 3. The average molecular weight is 534 g/mol. The summed E-state index contributed by atoms with van der Waals surface area (Å²) < 4.78 is 2.25. The van der Waals surface area contributed by atoms with Gasteiger partial charge in [-0.1, -0.05) is 40.2 Å². The van der Waals surface area contributed by atoms with E-state index in [9.17, 15) is 14.7 Å². The first-order valence-corrected chi connectivity index (χ1v) is 12.6. The van der Waals surface area contributed by atoms with E-state index in [4.69, 9.17) is 0 Å². The summed E-state index contributed by atoms with van der Waals surface area (Å²) >= 11 is 5.14. The number of aromatic nitrogens is 2. The molecule has 2 aromatic carbocycles. The molecule has 170 valence electrons. The number of carbonyl (C=O) groups is 1. The molecule has 0 unspecified atom stereocenters. The molecule has 1 aliphatic heterocycles. The van der Waals surface area contributed by atoms with Crippen LogP contribution in [0.3, 0.4) is 0 Å². The molecule has 6 nitrogen and oxygen atoms in total. The molecule has 0 saturated carbocycles. The Morgan fingerprint density at radius 1 is 1.03 bits per heavy atom. The van der Waals surface area contributed by atoms with E-state index in [0.29, 0.717) is 41.0 Å². The predicted molar refractivity (Wildman–Crippen MR) is 136 cm³/mol. The number of nitrogens with one attached hydrogen (secondary N) is 2. The summed E-state index contributed by atoms with van der Waals surface area (Å²) in [7, 11) is 0. The Bertz CT molecular complexity index is 1500. The Hall–Kier alpha value is -3.36. The summed E-state index contributed by atoms with van der Waals surface area (Å²) in [6.07, 6.45) is 1.03. The lowest BCUT2D eigenvalue weighted by Gasteiger charge is -2.34. The zero-order chi connectivity index (χ0) is 23.4. The van der Waals surface area contributed by atoms with E-state index in [1.54, 1.807) is 29.5 Å². The number of phenolic OH excluding ortho intramolecular Hbond substituents is 1. The monoisotopic (exact) mass is 533 g/mol. The second-order valence-corrected chi connectivity index (χ2v) is 10.5. The zero-order valence-electron chi connectivity index (χ0n) is 17.9. The number of thiophene rings is 1. The molecule has 0 radical (unpaired) electrons. The van der Waals surface area contributed by atoms with Gasteiger partial charge in [0, 0.05) is 38.5 Å². The largest absolute Gasteiger partial charge is 0.508 e. The van der Waals surface area contributed by atoms with Crippen molar-refractivity contribution < 1.29 is 9.90 Å². The van der Waals surface area contributed by atoms with Crippen LogP contribution >= 0.6 is 27.3 Å². The maximum Gasteiger partial charge on any atom is 0.277 e. The SMILES string of the molecule is O=C1C[C@H](c2cccs2)CC2=C1[C@@H](c1cc(Br)ccc1O)c1c([nH]n(-c3ccccc3)c1=O)N2. The number of H-pyrrole nitrogens is 1. The number of fused-ring (bicyclic) bond motifs is 1. The number of hydrogen-bond acceptors (Lipinski definition) is 5. The van der Waals surface area contributed by atoms with Crippen LogP contribution < -0.4 is 10.9 Å². The van der Waals surface area contributed by atoms with Crippen LogP contribution in [0.1, 0.15) is 40.7 Å². The molecule has 8 heteroatoms. The van der Waals surface area contributed by atoms with E-state index in [0.717, 1.165) is 10.2 Å². The number of rotatable bonds is 3. The second-order valence-electron chi connectivity index (χ2n) is 8.57. The van der Waals surface area contributed by atoms with Crippen LogP contribution in [-0.2, 0) is 4.79 Å². The van der Waals surface area contributed by atoms with Crippen molar-refractivity contribution in [2.24, 2.45) is 0 Å². The van der Waals surface area contributed by atoms with Crippen LogP contribution in [0.15, 0.2) is 86.6 Å². The number of benzene rings is 2. The predicted octanol–water partition coefficient (Wildman–Crippen LogP) is 5.65. The van der Waals surface area contributed by atoms with Gasteiger partial charge in [-0.3, -0.25) is 14.7 Å². The van der Waals surface area contributed by atoms with Crippen LogP contribution in [-0.4, -0.2) is 20.7 Å². The minimum absolute atomic E-state index is 0.00552. The van der Waals surface area contributed by atoms with Crippen LogP contribution in [0, 0.1) is 0 Å². The summed E-state index contributed by atoms with van der Waals surface area (Å²) in [5.74, 6) is 0.00724. The van der Waals surface area contributed by atoms with Gasteiger partial charge in [0.25, 0.3) is 5.56 Å². The molecule has 0 spiro atoms. The molecule has 4 aromatic rings. The Morgan fingerprint density at radius 3 is 2.62 bits per heavy atom. The van der Waals surface area contributed by atoms with E-state index >= 15 is 0 Å². The Kier molecular flexibility index (Phi) is 5.08. The third kappa shape index (κ3) is 3.36. The Morgan fingerprint density at radius 2 is 1.85 bits per heavy atom. The molecule has 34 heavy (non-hydrogen) atoms.